The monoisotopic (exact) mass is 367 g/mol. The molecule has 0 radical (unpaired) electrons. The van der Waals surface area contributed by atoms with Crippen LogP contribution in [0.3, 0.4) is 0 Å². The summed E-state index contributed by atoms with van der Waals surface area (Å²) in [5, 5.41) is 2.94. The molecule has 0 spiro atoms. The lowest BCUT2D eigenvalue weighted by Crippen LogP contribution is -2.66. The molecule has 3 rings (SSSR count). The van der Waals surface area contributed by atoms with E-state index in [-0.39, 0.29) is 17.2 Å². The zero-order valence-electron chi connectivity index (χ0n) is 13.2. The maximum atomic E-state index is 12.7. The number of carbonyl (C=O) groups excluding carboxylic acids is 3. The fourth-order valence-corrected chi connectivity index (χ4v) is 4.19. The molecular formula is C16H18ClN3O3S. The Balaban J connectivity index is 1.63. The number of carbonyl (C=O) groups is 3. The number of nitrogens with zero attached hydrogens (tertiary/aromatic N) is 2. The highest BCUT2D eigenvalue weighted by molar-refractivity contribution is 8.00. The summed E-state index contributed by atoms with van der Waals surface area (Å²) in [6.07, 6.45) is 0. The van der Waals surface area contributed by atoms with Gasteiger partial charge in [-0.1, -0.05) is 23.7 Å². The number of amides is 3. The largest absolute Gasteiger partial charge is 0.346 e. The van der Waals surface area contributed by atoms with Gasteiger partial charge in [-0.15, -0.1) is 11.8 Å². The summed E-state index contributed by atoms with van der Waals surface area (Å²) in [6, 6.07) is 7.29. The molecule has 1 aromatic carbocycles. The predicted molar refractivity (Wildman–Crippen MR) is 91.9 cm³/mol. The maximum Gasteiger partial charge on any atom is 0.312 e. The van der Waals surface area contributed by atoms with Crippen LogP contribution in [-0.4, -0.2) is 65.0 Å². The second-order valence-corrected chi connectivity index (χ2v) is 7.63. The molecule has 0 saturated carbocycles. The minimum atomic E-state index is -0.561. The molecule has 2 saturated heterocycles. The van der Waals surface area contributed by atoms with Crippen molar-refractivity contribution in [3.63, 3.8) is 0 Å². The summed E-state index contributed by atoms with van der Waals surface area (Å²) in [5.41, 5.74) is 0. The summed E-state index contributed by atoms with van der Waals surface area (Å²) in [7, 11) is 0. The lowest BCUT2D eigenvalue weighted by molar-refractivity contribution is -0.154. The molecule has 2 aliphatic rings. The van der Waals surface area contributed by atoms with Crippen LogP contribution in [0.4, 0.5) is 0 Å². The quantitative estimate of drug-likeness (QED) is 0.639. The van der Waals surface area contributed by atoms with Crippen LogP contribution in [0.2, 0.25) is 5.02 Å². The fourth-order valence-electron chi connectivity index (χ4n) is 2.95. The fraction of sp³-hybridized carbons (Fsp3) is 0.438. The number of rotatable bonds is 3. The van der Waals surface area contributed by atoms with Crippen molar-refractivity contribution < 1.29 is 14.4 Å². The Bertz CT molecular complexity index is 684. The highest BCUT2D eigenvalue weighted by Crippen LogP contribution is 2.31. The molecule has 6 nitrogen and oxygen atoms in total. The van der Waals surface area contributed by atoms with Gasteiger partial charge in [-0.2, -0.15) is 0 Å². The third kappa shape index (κ3) is 3.37. The van der Waals surface area contributed by atoms with Gasteiger partial charge in [-0.3, -0.25) is 14.4 Å². The smallest absolute Gasteiger partial charge is 0.312 e. The Morgan fingerprint density at radius 2 is 2.08 bits per heavy atom. The van der Waals surface area contributed by atoms with Crippen LogP contribution < -0.4 is 5.32 Å². The first kappa shape index (κ1) is 17.1. The van der Waals surface area contributed by atoms with Gasteiger partial charge < -0.3 is 15.1 Å². The van der Waals surface area contributed by atoms with Crippen molar-refractivity contribution in [2.75, 3.05) is 26.2 Å². The highest BCUT2D eigenvalue weighted by Gasteiger charge is 2.39. The molecule has 3 amide bonds. The summed E-state index contributed by atoms with van der Waals surface area (Å²) < 4.78 is 0. The van der Waals surface area contributed by atoms with Crippen LogP contribution in [0.1, 0.15) is 6.92 Å². The molecule has 0 bridgehead atoms. The number of piperazine rings is 2. The Morgan fingerprint density at radius 1 is 1.33 bits per heavy atom. The Kier molecular flexibility index (Phi) is 5.01. The molecule has 2 heterocycles. The summed E-state index contributed by atoms with van der Waals surface area (Å²) in [4.78, 5) is 40.2. The van der Waals surface area contributed by atoms with Crippen molar-refractivity contribution >= 4 is 41.1 Å². The summed E-state index contributed by atoms with van der Waals surface area (Å²) >= 11 is 7.58. The van der Waals surface area contributed by atoms with Crippen molar-refractivity contribution in [2.24, 2.45) is 0 Å². The van der Waals surface area contributed by atoms with Gasteiger partial charge in [-0.25, -0.2) is 0 Å². The zero-order valence-corrected chi connectivity index (χ0v) is 14.8. The minimum Gasteiger partial charge on any atom is -0.346 e. The summed E-state index contributed by atoms with van der Waals surface area (Å²) in [6.45, 7) is 3.53. The van der Waals surface area contributed by atoms with Crippen molar-refractivity contribution in [3.05, 3.63) is 29.3 Å². The summed E-state index contributed by atoms with van der Waals surface area (Å²) in [5.74, 6) is -1.05. The molecule has 2 atom stereocenters. The second kappa shape index (κ2) is 7.03. The van der Waals surface area contributed by atoms with E-state index in [2.05, 4.69) is 5.32 Å². The highest BCUT2D eigenvalue weighted by atomic mass is 35.5. The van der Waals surface area contributed by atoms with Gasteiger partial charge in [0, 0.05) is 31.1 Å². The van der Waals surface area contributed by atoms with E-state index < -0.39 is 11.8 Å². The molecule has 128 valence electrons. The topological polar surface area (TPSA) is 69.7 Å². The third-order valence-corrected chi connectivity index (χ3v) is 5.84. The molecule has 2 fully saturated rings. The molecule has 8 heteroatoms. The molecule has 24 heavy (non-hydrogen) atoms. The lowest BCUT2D eigenvalue weighted by atomic mass is 10.1. The molecule has 1 aromatic rings. The van der Waals surface area contributed by atoms with Crippen LogP contribution in [0.25, 0.3) is 0 Å². The van der Waals surface area contributed by atoms with E-state index in [1.54, 1.807) is 15.9 Å². The normalized spacial score (nSPS) is 22.0. The van der Waals surface area contributed by atoms with Gasteiger partial charge in [0.1, 0.15) is 0 Å². The second-order valence-electron chi connectivity index (χ2n) is 5.84. The maximum absolute atomic E-state index is 12.7. The standard InChI is InChI=1S/C16H18ClN3O3S/c1-10(24-13-5-3-2-4-12(13)17)15(22)19-6-7-20-11(9-19)8-18-14(21)16(20)23/h2-5,10-11H,6-9H2,1H3,(H,18,21)/t10-,11-/m1/s1. The first-order valence-electron chi connectivity index (χ1n) is 7.76. The average Bonchev–Trinajstić information content (AvgIpc) is 2.59. The molecule has 1 N–H and O–H groups in total. The van der Waals surface area contributed by atoms with E-state index in [1.807, 2.05) is 25.1 Å². The average molecular weight is 368 g/mol. The molecule has 0 aliphatic carbocycles. The van der Waals surface area contributed by atoms with Crippen LogP contribution in [0, 0.1) is 0 Å². The molecule has 0 aromatic heterocycles. The van der Waals surface area contributed by atoms with Crippen LogP contribution in [0.15, 0.2) is 29.2 Å². The Labute approximate surface area is 149 Å². The van der Waals surface area contributed by atoms with Gasteiger partial charge in [-0.05, 0) is 19.1 Å². The number of hydrogen-bond donors (Lipinski definition) is 1. The van der Waals surface area contributed by atoms with Crippen LogP contribution in [0.5, 0.6) is 0 Å². The third-order valence-electron chi connectivity index (χ3n) is 4.24. The number of hydrogen-bond acceptors (Lipinski definition) is 4. The first-order valence-corrected chi connectivity index (χ1v) is 9.02. The van der Waals surface area contributed by atoms with E-state index in [1.165, 1.54) is 11.8 Å². The van der Waals surface area contributed by atoms with E-state index in [9.17, 15) is 14.4 Å². The van der Waals surface area contributed by atoms with Crippen molar-refractivity contribution in [2.45, 2.75) is 23.1 Å². The Morgan fingerprint density at radius 3 is 2.83 bits per heavy atom. The van der Waals surface area contributed by atoms with Crippen molar-refractivity contribution in [3.8, 4) is 0 Å². The van der Waals surface area contributed by atoms with Gasteiger partial charge in [0.2, 0.25) is 5.91 Å². The predicted octanol–water partition coefficient (Wildman–Crippen LogP) is 0.990. The lowest BCUT2D eigenvalue weighted by Gasteiger charge is -2.43. The van der Waals surface area contributed by atoms with Gasteiger partial charge >= 0.3 is 11.8 Å². The van der Waals surface area contributed by atoms with Gasteiger partial charge in [0.05, 0.1) is 16.3 Å². The van der Waals surface area contributed by atoms with E-state index in [4.69, 9.17) is 11.6 Å². The van der Waals surface area contributed by atoms with Crippen LogP contribution >= 0.6 is 23.4 Å². The first-order chi connectivity index (χ1) is 11.5. The number of nitrogens with one attached hydrogen (secondary N) is 1. The number of halogens is 1. The number of fused-ring (bicyclic) bond motifs is 1. The number of benzene rings is 1. The SMILES string of the molecule is C[C@@H](Sc1ccccc1Cl)C(=O)N1CCN2C(=O)C(=O)NC[C@@H]2C1. The van der Waals surface area contributed by atoms with E-state index in [0.717, 1.165) is 4.90 Å². The minimum absolute atomic E-state index is 0.0175. The van der Waals surface area contributed by atoms with Gasteiger partial charge in [0.15, 0.2) is 0 Å². The molecule has 2 aliphatic heterocycles. The molecular weight excluding hydrogens is 350 g/mol. The van der Waals surface area contributed by atoms with Gasteiger partial charge in [0.25, 0.3) is 0 Å². The number of thioether (sulfide) groups is 1. The van der Waals surface area contributed by atoms with E-state index in [0.29, 0.717) is 31.2 Å². The van der Waals surface area contributed by atoms with E-state index >= 15 is 0 Å². The van der Waals surface area contributed by atoms with Crippen molar-refractivity contribution in [1.82, 2.24) is 15.1 Å². The zero-order chi connectivity index (χ0) is 17.3. The van der Waals surface area contributed by atoms with Crippen molar-refractivity contribution in [1.29, 1.82) is 0 Å². The molecule has 0 unspecified atom stereocenters. The van der Waals surface area contributed by atoms with Crippen LogP contribution in [-0.2, 0) is 14.4 Å². The Hall–Kier alpha value is -1.73.